The number of rotatable bonds is 6. The van der Waals surface area contributed by atoms with E-state index >= 15 is 4.39 Å². The van der Waals surface area contributed by atoms with Gasteiger partial charge in [0.1, 0.15) is 11.5 Å². The highest BCUT2D eigenvalue weighted by molar-refractivity contribution is 6.06. The monoisotopic (exact) mass is 577 g/mol. The second-order valence-corrected chi connectivity index (χ2v) is 11.3. The fraction of sp³-hybridized carbons (Fsp3) is 0.265. The molecule has 4 heterocycles. The van der Waals surface area contributed by atoms with Gasteiger partial charge in [-0.3, -0.25) is 9.48 Å². The van der Waals surface area contributed by atoms with E-state index in [4.69, 9.17) is 4.98 Å². The second-order valence-electron chi connectivity index (χ2n) is 11.3. The van der Waals surface area contributed by atoms with E-state index in [2.05, 4.69) is 69.2 Å². The predicted molar refractivity (Wildman–Crippen MR) is 172 cm³/mol. The summed E-state index contributed by atoms with van der Waals surface area (Å²) in [4.78, 5) is 25.4. The number of carbonyl (C=O) groups excluding carboxylic acids is 1. The summed E-state index contributed by atoms with van der Waals surface area (Å²) in [7, 11) is 4.06. The number of nitrogens with zero attached hydrogens (tertiary/aromatic N) is 5. The van der Waals surface area contributed by atoms with Gasteiger partial charge in [0.2, 0.25) is 5.91 Å². The van der Waals surface area contributed by atoms with Crippen LogP contribution in [0.25, 0.3) is 44.5 Å². The third-order valence-electron chi connectivity index (χ3n) is 8.71. The quantitative estimate of drug-likeness (QED) is 0.234. The highest BCUT2D eigenvalue weighted by Crippen LogP contribution is 2.43. The molecule has 1 fully saturated rings. The summed E-state index contributed by atoms with van der Waals surface area (Å²) in [6, 6.07) is 12.1. The number of piperazine rings is 1. The number of aryl methyl sites for hydroxylation is 1. The minimum atomic E-state index is -0.405. The molecule has 220 valence electrons. The lowest BCUT2D eigenvalue weighted by Gasteiger charge is -2.34. The van der Waals surface area contributed by atoms with Gasteiger partial charge in [0.25, 0.3) is 0 Å². The minimum Gasteiger partial charge on any atom is -0.369 e. The van der Waals surface area contributed by atoms with E-state index in [-0.39, 0.29) is 0 Å². The lowest BCUT2D eigenvalue weighted by atomic mass is 9.92. The molecule has 0 unspecified atom stereocenters. The third-order valence-corrected chi connectivity index (χ3v) is 8.71. The van der Waals surface area contributed by atoms with Gasteiger partial charge in [-0.15, -0.1) is 0 Å². The molecule has 0 spiro atoms. The van der Waals surface area contributed by atoms with Gasteiger partial charge in [0.15, 0.2) is 0 Å². The van der Waals surface area contributed by atoms with Crippen LogP contribution in [-0.2, 0) is 11.8 Å². The Morgan fingerprint density at radius 1 is 0.977 bits per heavy atom. The highest BCUT2D eigenvalue weighted by atomic mass is 19.1. The molecule has 2 aromatic carbocycles. The van der Waals surface area contributed by atoms with E-state index in [1.165, 1.54) is 11.8 Å². The van der Waals surface area contributed by atoms with Gasteiger partial charge >= 0.3 is 0 Å². The van der Waals surface area contributed by atoms with Gasteiger partial charge in [-0.25, -0.2) is 9.37 Å². The maximum atomic E-state index is 15.6. The lowest BCUT2D eigenvalue weighted by Crippen LogP contribution is -2.44. The van der Waals surface area contributed by atoms with Crippen molar-refractivity contribution in [3.8, 4) is 33.5 Å². The Morgan fingerprint density at radius 2 is 1.70 bits per heavy atom. The number of nitrogens with one attached hydrogen (secondary N) is 2. The van der Waals surface area contributed by atoms with Gasteiger partial charge in [-0.1, -0.05) is 18.7 Å². The molecule has 3 aromatic heterocycles. The largest absolute Gasteiger partial charge is 0.369 e. The Kier molecular flexibility index (Phi) is 7.35. The van der Waals surface area contributed by atoms with Crippen LogP contribution in [0.4, 0.5) is 15.8 Å². The Balaban J connectivity index is 1.55. The van der Waals surface area contributed by atoms with Crippen LogP contribution in [0.15, 0.2) is 61.4 Å². The molecule has 0 bridgehead atoms. The summed E-state index contributed by atoms with van der Waals surface area (Å²) in [6.45, 7) is 13.2. The van der Waals surface area contributed by atoms with Crippen LogP contribution in [0.3, 0.4) is 0 Å². The smallest absolute Gasteiger partial charge is 0.247 e. The average molecular weight is 578 g/mol. The fourth-order valence-electron chi connectivity index (χ4n) is 5.90. The zero-order valence-electron chi connectivity index (χ0n) is 25.3. The van der Waals surface area contributed by atoms with E-state index in [9.17, 15) is 4.79 Å². The highest BCUT2D eigenvalue weighted by Gasteiger charge is 2.23. The molecule has 1 aliphatic heterocycles. The predicted octanol–water partition coefficient (Wildman–Crippen LogP) is 6.24. The number of aromatic nitrogens is 4. The summed E-state index contributed by atoms with van der Waals surface area (Å²) in [5, 5.41) is 8.10. The summed E-state index contributed by atoms with van der Waals surface area (Å²) < 4.78 is 17.4. The summed E-state index contributed by atoms with van der Waals surface area (Å²) >= 11 is 0. The molecule has 1 aliphatic rings. The minimum absolute atomic E-state index is 0.374. The van der Waals surface area contributed by atoms with Crippen LogP contribution < -0.4 is 10.2 Å². The first-order chi connectivity index (χ1) is 20.7. The van der Waals surface area contributed by atoms with Crippen LogP contribution in [0.1, 0.15) is 16.8 Å². The van der Waals surface area contributed by atoms with Crippen molar-refractivity contribution < 1.29 is 9.18 Å². The van der Waals surface area contributed by atoms with Crippen LogP contribution in [-0.4, -0.2) is 63.8 Å². The SMILES string of the molecule is C=CC(=O)Nc1c(C)c(F)cc(-c2c(-c3ccc(N4CCN(C)CC4)cc3)[nH]c3ncc(-c4cnn(C)c4C)cc23)c1C. The number of hydrogen-bond donors (Lipinski definition) is 2. The van der Waals surface area contributed by atoms with Crippen LogP contribution in [0, 0.1) is 26.6 Å². The normalized spacial score (nSPS) is 14.0. The molecule has 43 heavy (non-hydrogen) atoms. The van der Waals surface area contributed by atoms with Crippen molar-refractivity contribution in [3.05, 3.63) is 84.1 Å². The van der Waals surface area contributed by atoms with Crippen molar-refractivity contribution in [1.29, 1.82) is 0 Å². The van der Waals surface area contributed by atoms with Crippen LogP contribution in [0.5, 0.6) is 0 Å². The number of likely N-dealkylation sites (N-methyl/N-ethyl adjacent to an activating group) is 1. The summed E-state index contributed by atoms with van der Waals surface area (Å²) in [5.74, 6) is -0.796. The van der Waals surface area contributed by atoms with Gasteiger partial charge in [0, 0.05) is 78.4 Å². The van der Waals surface area contributed by atoms with E-state index in [1.807, 2.05) is 38.0 Å². The third kappa shape index (κ3) is 5.10. The van der Waals surface area contributed by atoms with Gasteiger partial charge in [-0.05, 0) is 74.9 Å². The molecule has 0 aliphatic carbocycles. The number of H-pyrrole nitrogens is 1. The Morgan fingerprint density at radius 3 is 2.35 bits per heavy atom. The standard InChI is InChI=1S/C34H36FN7O/c1-7-30(43)38-32-20(2)26(17-29(35)21(32)3)31-27-16-24(28-19-37-41(6)22(28)4)18-36-34(27)39-33(31)23-8-10-25(11-9-23)42-14-12-40(5)13-15-42/h7-11,16-19H,1,12-15H2,2-6H3,(H,36,39)(H,38,43). The molecular weight excluding hydrogens is 541 g/mol. The van der Waals surface area contributed by atoms with E-state index in [1.54, 1.807) is 13.0 Å². The molecule has 2 N–H and O–H groups in total. The number of aromatic amines is 1. The summed E-state index contributed by atoms with van der Waals surface area (Å²) in [5.41, 5.74) is 9.65. The van der Waals surface area contributed by atoms with Crippen molar-refractivity contribution in [2.24, 2.45) is 7.05 Å². The number of carbonyl (C=O) groups is 1. The first-order valence-electron chi connectivity index (χ1n) is 14.4. The van der Waals surface area contributed by atoms with Gasteiger partial charge in [0.05, 0.1) is 17.6 Å². The van der Waals surface area contributed by atoms with Crippen molar-refractivity contribution in [2.75, 3.05) is 43.4 Å². The molecule has 8 nitrogen and oxygen atoms in total. The molecule has 5 aromatic rings. The molecule has 0 atom stereocenters. The zero-order valence-corrected chi connectivity index (χ0v) is 25.3. The first-order valence-corrected chi connectivity index (χ1v) is 14.4. The maximum Gasteiger partial charge on any atom is 0.247 e. The van der Waals surface area contributed by atoms with Gasteiger partial charge < -0.3 is 20.1 Å². The fourth-order valence-corrected chi connectivity index (χ4v) is 5.90. The van der Waals surface area contributed by atoms with E-state index in [0.717, 1.165) is 70.8 Å². The maximum absolute atomic E-state index is 15.6. The van der Waals surface area contributed by atoms with Crippen LogP contribution >= 0.6 is 0 Å². The second kappa shape index (κ2) is 11.1. The first kappa shape index (κ1) is 28.4. The van der Waals surface area contributed by atoms with Crippen molar-refractivity contribution >= 4 is 28.3 Å². The number of fused-ring (bicyclic) bond motifs is 1. The molecule has 9 heteroatoms. The Labute approximate surface area is 250 Å². The van der Waals surface area contributed by atoms with Gasteiger partial charge in [-0.2, -0.15) is 5.10 Å². The van der Waals surface area contributed by atoms with E-state index in [0.29, 0.717) is 22.5 Å². The number of anilines is 2. The number of benzene rings is 2. The molecule has 1 amide bonds. The zero-order chi connectivity index (χ0) is 30.4. The van der Waals surface area contributed by atoms with Crippen molar-refractivity contribution in [2.45, 2.75) is 20.8 Å². The van der Waals surface area contributed by atoms with E-state index < -0.39 is 11.7 Å². The Bertz CT molecular complexity index is 1860. The van der Waals surface area contributed by atoms with Crippen molar-refractivity contribution in [3.63, 3.8) is 0 Å². The lowest BCUT2D eigenvalue weighted by molar-refractivity contribution is -0.111. The number of pyridine rings is 1. The number of halogens is 1. The molecule has 1 saturated heterocycles. The Hall–Kier alpha value is -4.76. The molecule has 0 radical (unpaired) electrons. The van der Waals surface area contributed by atoms with Crippen molar-refractivity contribution in [1.82, 2.24) is 24.6 Å². The summed E-state index contributed by atoms with van der Waals surface area (Å²) in [6.07, 6.45) is 4.86. The molecular formula is C34H36FN7O. The average Bonchev–Trinajstić information content (AvgIpc) is 3.56. The number of amides is 1. The van der Waals surface area contributed by atoms with Crippen LogP contribution in [0.2, 0.25) is 0 Å². The molecule has 0 saturated carbocycles. The topological polar surface area (TPSA) is 82.1 Å². The number of hydrogen-bond acceptors (Lipinski definition) is 5. The molecule has 6 rings (SSSR count).